The number of oxazole rings is 1. The summed E-state index contributed by atoms with van der Waals surface area (Å²) in [6, 6.07) is 15.8. The smallest absolute Gasteiger partial charge is 0.358 e. The number of ether oxygens (including phenoxy) is 1. The summed E-state index contributed by atoms with van der Waals surface area (Å²) in [6.07, 6.45) is 0. The summed E-state index contributed by atoms with van der Waals surface area (Å²) in [5.74, 6) is -0.196. The largest absolute Gasteiger partial charge is 0.486 e. The topological polar surface area (TPSA) is 72.6 Å². The SMILES string of the molecule is O=C(O)c1nc(-c2ccccc2)oc1COc1ccc(Cl)cc1. The lowest BCUT2D eigenvalue weighted by Crippen LogP contribution is -2.04. The summed E-state index contributed by atoms with van der Waals surface area (Å²) in [5, 5.41) is 9.86. The lowest BCUT2D eigenvalue weighted by atomic mass is 10.2. The molecular formula is C17H12ClNO4. The van der Waals surface area contributed by atoms with Crippen molar-refractivity contribution in [3.8, 4) is 17.2 Å². The van der Waals surface area contributed by atoms with Gasteiger partial charge in [-0.25, -0.2) is 9.78 Å². The Morgan fingerprint density at radius 3 is 2.48 bits per heavy atom. The molecule has 1 heterocycles. The summed E-state index contributed by atoms with van der Waals surface area (Å²) in [5.41, 5.74) is 0.547. The van der Waals surface area contributed by atoms with Crippen molar-refractivity contribution in [3.63, 3.8) is 0 Å². The first-order valence-corrected chi connectivity index (χ1v) is 7.18. The molecule has 2 aromatic carbocycles. The van der Waals surface area contributed by atoms with Crippen molar-refractivity contribution < 1.29 is 19.1 Å². The number of carbonyl (C=O) groups is 1. The number of halogens is 1. The predicted molar refractivity (Wildman–Crippen MR) is 84.7 cm³/mol. The van der Waals surface area contributed by atoms with Crippen molar-refractivity contribution in [2.45, 2.75) is 6.61 Å². The summed E-state index contributed by atoms with van der Waals surface area (Å²) in [4.78, 5) is 15.4. The van der Waals surface area contributed by atoms with E-state index in [0.29, 0.717) is 16.3 Å². The molecule has 5 nitrogen and oxygen atoms in total. The van der Waals surface area contributed by atoms with E-state index in [9.17, 15) is 9.90 Å². The zero-order valence-corrected chi connectivity index (χ0v) is 12.7. The molecule has 1 N–H and O–H groups in total. The van der Waals surface area contributed by atoms with Gasteiger partial charge in [0, 0.05) is 10.6 Å². The van der Waals surface area contributed by atoms with Gasteiger partial charge in [0.2, 0.25) is 5.89 Å². The highest BCUT2D eigenvalue weighted by Crippen LogP contribution is 2.24. The standard InChI is InChI=1S/C17H12ClNO4/c18-12-6-8-13(9-7-12)22-10-14-15(17(20)21)19-16(23-14)11-4-2-1-3-5-11/h1-9H,10H2,(H,20,21). The van der Waals surface area contributed by atoms with Crippen LogP contribution in [-0.4, -0.2) is 16.1 Å². The molecule has 0 unspecified atom stereocenters. The Hall–Kier alpha value is -2.79. The molecule has 0 bridgehead atoms. The number of hydrogen-bond acceptors (Lipinski definition) is 4. The van der Waals surface area contributed by atoms with Crippen LogP contribution in [-0.2, 0) is 6.61 Å². The van der Waals surface area contributed by atoms with Crippen LogP contribution in [0.4, 0.5) is 0 Å². The Morgan fingerprint density at radius 1 is 1.13 bits per heavy atom. The summed E-state index contributed by atoms with van der Waals surface area (Å²) < 4.78 is 11.1. The van der Waals surface area contributed by atoms with E-state index < -0.39 is 5.97 Å². The molecule has 0 atom stereocenters. The fourth-order valence-electron chi connectivity index (χ4n) is 2.00. The van der Waals surface area contributed by atoms with Crippen molar-refractivity contribution in [1.82, 2.24) is 4.98 Å². The van der Waals surface area contributed by atoms with Gasteiger partial charge >= 0.3 is 5.97 Å². The Kier molecular flexibility index (Phi) is 4.30. The third-order valence-corrected chi connectivity index (χ3v) is 3.36. The molecule has 3 rings (SSSR count). The number of carboxylic acids is 1. The quantitative estimate of drug-likeness (QED) is 0.756. The third-order valence-electron chi connectivity index (χ3n) is 3.10. The molecule has 116 valence electrons. The molecular weight excluding hydrogens is 318 g/mol. The first-order chi connectivity index (χ1) is 11.1. The van der Waals surface area contributed by atoms with E-state index >= 15 is 0 Å². The lowest BCUT2D eigenvalue weighted by Gasteiger charge is -2.04. The van der Waals surface area contributed by atoms with Crippen LogP contribution < -0.4 is 4.74 Å². The molecule has 6 heteroatoms. The molecule has 0 fully saturated rings. The average Bonchev–Trinajstić information content (AvgIpc) is 3.00. The van der Waals surface area contributed by atoms with Crippen molar-refractivity contribution in [2.75, 3.05) is 0 Å². The van der Waals surface area contributed by atoms with Gasteiger partial charge in [-0.05, 0) is 36.4 Å². The van der Waals surface area contributed by atoms with Gasteiger partial charge in [0.25, 0.3) is 0 Å². The monoisotopic (exact) mass is 329 g/mol. The van der Waals surface area contributed by atoms with Crippen LogP contribution >= 0.6 is 11.6 Å². The number of aromatic nitrogens is 1. The van der Waals surface area contributed by atoms with Gasteiger partial charge in [-0.1, -0.05) is 29.8 Å². The normalized spacial score (nSPS) is 10.5. The second kappa shape index (κ2) is 6.54. The first-order valence-electron chi connectivity index (χ1n) is 6.80. The van der Waals surface area contributed by atoms with Crippen molar-refractivity contribution in [2.24, 2.45) is 0 Å². The van der Waals surface area contributed by atoms with Crippen LogP contribution in [0.5, 0.6) is 5.75 Å². The predicted octanol–water partition coefficient (Wildman–Crippen LogP) is 4.27. The summed E-state index contributed by atoms with van der Waals surface area (Å²) >= 11 is 5.80. The number of benzene rings is 2. The van der Waals surface area contributed by atoms with E-state index in [4.69, 9.17) is 20.8 Å². The second-order valence-electron chi connectivity index (χ2n) is 4.70. The fourth-order valence-corrected chi connectivity index (χ4v) is 2.13. The van der Waals surface area contributed by atoms with E-state index in [0.717, 1.165) is 0 Å². The van der Waals surface area contributed by atoms with Crippen molar-refractivity contribution in [3.05, 3.63) is 71.1 Å². The number of aromatic carboxylic acids is 1. The number of hydrogen-bond donors (Lipinski definition) is 1. The minimum absolute atomic E-state index is 0.0386. The number of nitrogens with zero attached hydrogens (tertiary/aromatic N) is 1. The van der Waals surface area contributed by atoms with E-state index in [1.807, 2.05) is 18.2 Å². The van der Waals surface area contributed by atoms with Gasteiger partial charge in [-0.2, -0.15) is 0 Å². The van der Waals surface area contributed by atoms with Crippen LogP contribution in [0.25, 0.3) is 11.5 Å². The fraction of sp³-hybridized carbons (Fsp3) is 0.0588. The van der Waals surface area contributed by atoms with Gasteiger partial charge in [-0.3, -0.25) is 0 Å². The van der Waals surface area contributed by atoms with E-state index in [1.165, 1.54) is 0 Å². The molecule has 0 saturated heterocycles. The van der Waals surface area contributed by atoms with Crippen LogP contribution in [0.2, 0.25) is 5.02 Å². The van der Waals surface area contributed by atoms with Crippen LogP contribution in [0.15, 0.2) is 59.0 Å². The molecule has 0 amide bonds. The maximum absolute atomic E-state index is 11.3. The summed E-state index contributed by atoms with van der Waals surface area (Å²) in [7, 11) is 0. The Labute approximate surface area is 137 Å². The van der Waals surface area contributed by atoms with Crippen molar-refractivity contribution in [1.29, 1.82) is 0 Å². The Balaban J connectivity index is 1.84. The van der Waals surface area contributed by atoms with Gasteiger partial charge < -0.3 is 14.3 Å². The number of carboxylic acid groups (broad SMARTS) is 1. The Bertz CT molecular complexity index is 812. The molecule has 23 heavy (non-hydrogen) atoms. The molecule has 0 aliphatic rings. The van der Waals surface area contributed by atoms with Gasteiger partial charge in [0.1, 0.15) is 12.4 Å². The second-order valence-corrected chi connectivity index (χ2v) is 5.14. The van der Waals surface area contributed by atoms with Crippen molar-refractivity contribution >= 4 is 17.6 Å². The highest BCUT2D eigenvalue weighted by molar-refractivity contribution is 6.30. The molecule has 0 spiro atoms. The van der Waals surface area contributed by atoms with Gasteiger partial charge in [-0.15, -0.1) is 0 Å². The molecule has 0 radical (unpaired) electrons. The maximum atomic E-state index is 11.3. The molecule has 0 saturated carbocycles. The highest BCUT2D eigenvalue weighted by atomic mass is 35.5. The van der Waals surface area contributed by atoms with Crippen LogP contribution in [0, 0.1) is 0 Å². The summed E-state index contributed by atoms with van der Waals surface area (Å²) in [6.45, 7) is -0.0386. The van der Waals surface area contributed by atoms with E-state index in [2.05, 4.69) is 4.98 Å². The highest BCUT2D eigenvalue weighted by Gasteiger charge is 2.20. The first kappa shape index (κ1) is 15.1. The zero-order valence-electron chi connectivity index (χ0n) is 11.9. The van der Waals surface area contributed by atoms with Crippen LogP contribution in [0.3, 0.4) is 0 Å². The third kappa shape index (κ3) is 3.52. The molecule has 3 aromatic rings. The molecule has 1 aromatic heterocycles. The van der Waals surface area contributed by atoms with E-state index in [-0.39, 0.29) is 24.0 Å². The minimum Gasteiger partial charge on any atom is -0.486 e. The minimum atomic E-state index is -1.16. The maximum Gasteiger partial charge on any atom is 0.358 e. The van der Waals surface area contributed by atoms with Gasteiger partial charge in [0.05, 0.1) is 0 Å². The average molecular weight is 330 g/mol. The number of rotatable bonds is 5. The Morgan fingerprint density at radius 2 is 1.83 bits per heavy atom. The molecule has 0 aliphatic heterocycles. The zero-order chi connectivity index (χ0) is 16.2. The van der Waals surface area contributed by atoms with E-state index in [1.54, 1.807) is 36.4 Å². The van der Waals surface area contributed by atoms with Crippen LogP contribution in [0.1, 0.15) is 16.2 Å². The van der Waals surface area contributed by atoms with Gasteiger partial charge in [0.15, 0.2) is 11.5 Å². The lowest BCUT2D eigenvalue weighted by molar-refractivity contribution is 0.0686. The molecule has 0 aliphatic carbocycles.